The standard InChI is InChI=1S/C17H17NO2/c18-9-7-12-1-3-13(4-2-12)17(19)15-5-6-16-14(11-15)8-10-20-16/h1-6,11H,7-10,18H2. The molecule has 0 unspecified atom stereocenters. The molecule has 0 saturated carbocycles. The zero-order chi connectivity index (χ0) is 13.9. The zero-order valence-electron chi connectivity index (χ0n) is 11.3. The Hall–Kier alpha value is -2.13. The van der Waals surface area contributed by atoms with Crippen molar-refractivity contribution >= 4 is 5.78 Å². The highest BCUT2D eigenvalue weighted by atomic mass is 16.5. The van der Waals surface area contributed by atoms with Crippen LogP contribution in [-0.2, 0) is 12.8 Å². The van der Waals surface area contributed by atoms with E-state index in [0.717, 1.165) is 35.3 Å². The SMILES string of the molecule is NCCc1ccc(C(=O)c2ccc3c(c2)CCO3)cc1. The van der Waals surface area contributed by atoms with Crippen LogP contribution in [0.1, 0.15) is 27.0 Å². The Labute approximate surface area is 118 Å². The third-order valence-corrected chi connectivity index (χ3v) is 3.60. The van der Waals surface area contributed by atoms with E-state index in [1.54, 1.807) is 0 Å². The summed E-state index contributed by atoms with van der Waals surface area (Å²) in [5.74, 6) is 0.957. The minimum absolute atomic E-state index is 0.0546. The van der Waals surface area contributed by atoms with Crippen molar-refractivity contribution in [1.29, 1.82) is 0 Å². The highest BCUT2D eigenvalue weighted by molar-refractivity contribution is 6.09. The molecule has 0 spiro atoms. The van der Waals surface area contributed by atoms with Crippen molar-refractivity contribution in [3.63, 3.8) is 0 Å². The minimum Gasteiger partial charge on any atom is -0.493 e. The Balaban J connectivity index is 1.84. The maximum absolute atomic E-state index is 12.4. The van der Waals surface area contributed by atoms with Crippen molar-refractivity contribution in [2.75, 3.05) is 13.2 Å². The number of hydrogen-bond donors (Lipinski definition) is 1. The molecule has 1 aliphatic heterocycles. The smallest absolute Gasteiger partial charge is 0.193 e. The molecule has 2 aromatic rings. The van der Waals surface area contributed by atoms with Gasteiger partial charge in [-0.05, 0) is 42.3 Å². The number of nitrogens with two attached hydrogens (primary N) is 1. The summed E-state index contributed by atoms with van der Waals surface area (Å²) >= 11 is 0. The summed E-state index contributed by atoms with van der Waals surface area (Å²) in [6.45, 7) is 1.33. The third-order valence-electron chi connectivity index (χ3n) is 3.60. The van der Waals surface area contributed by atoms with E-state index in [0.29, 0.717) is 18.7 Å². The number of carbonyl (C=O) groups excluding carboxylic acids is 1. The fourth-order valence-corrected chi connectivity index (χ4v) is 2.48. The van der Waals surface area contributed by atoms with Gasteiger partial charge in [-0.15, -0.1) is 0 Å². The topological polar surface area (TPSA) is 52.3 Å². The summed E-state index contributed by atoms with van der Waals surface area (Å²) < 4.78 is 5.46. The van der Waals surface area contributed by atoms with Gasteiger partial charge in [-0.3, -0.25) is 4.79 Å². The van der Waals surface area contributed by atoms with E-state index in [4.69, 9.17) is 10.5 Å². The summed E-state index contributed by atoms with van der Waals surface area (Å²) in [6.07, 6.45) is 1.72. The quantitative estimate of drug-likeness (QED) is 0.865. The maximum atomic E-state index is 12.4. The van der Waals surface area contributed by atoms with Gasteiger partial charge in [-0.1, -0.05) is 24.3 Å². The Bertz CT molecular complexity index is 632. The molecule has 1 heterocycles. The largest absolute Gasteiger partial charge is 0.493 e. The molecule has 0 atom stereocenters. The lowest BCUT2D eigenvalue weighted by molar-refractivity contribution is 0.103. The fraction of sp³-hybridized carbons (Fsp3) is 0.235. The molecular weight excluding hydrogens is 250 g/mol. The molecule has 0 aromatic heterocycles. The molecule has 20 heavy (non-hydrogen) atoms. The van der Waals surface area contributed by atoms with Gasteiger partial charge in [0.05, 0.1) is 6.61 Å². The fourth-order valence-electron chi connectivity index (χ4n) is 2.48. The van der Waals surface area contributed by atoms with Crippen LogP contribution in [0.3, 0.4) is 0 Å². The molecule has 3 heteroatoms. The number of benzene rings is 2. The first kappa shape index (κ1) is 12.9. The highest BCUT2D eigenvalue weighted by Crippen LogP contribution is 2.26. The van der Waals surface area contributed by atoms with Crippen molar-refractivity contribution in [2.24, 2.45) is 5.73 Å². The van der Waals surface area contributed by atoms with Crippen LogP contribution in [0.15, 0.2) is 42.5 Å². The molecule has 0 fully saturated rings. The molecule has 0 bridgehead atoms. The second kappa shape index (κ2) is 5.47. The van der Waals surface area contributed by atoms with Crippen LogP contribution in [0, 0.1) is 0 Å². The lowest BCUT2D eigenvalue weighted by Crippen LogP contribution is -2.04. The van der Waals surface area contributed by atoms with E-state index in [1.165, 1.54) is 0 Å². The van der Waals surface area contributed by atoms with E-state index in [-0.39, 0.29) is 5.78 Å². The van der Waals surface area contributed by atoms with Crippen molar-refractivity contribution in [2.45, 2.75) is 12.8 Å². The van der Waals surface area contributed by atoms with E-state index in [1.807, 2.05) is 42.5 Å². The molecule has 2 aromatic carbocycles. The van der Waals surface area contributed by atoms with Crippen LogP contribution in [-0.4, -0.2) is 18.9 Å². The minimum atomic E-state index is 0.0546. The highest BCUT2D eigenvalue weighted by Gasteiger charge is 2.15. The molecule has 0 aliphatic carbocycles. The number of ether oxygens (including phenoxy) is 1. The second-order valence-electron chi connectivity index (χ2n) is 4.99. The first-order valence-electron chi connectivity index (χ1n) is 6.87. The molecule has 0 saturated heterocycles. The normalized spacial score (nSPS) is 12.8. The molecule has 3 nitrogen and oxygen atoms in total. The van der Waals surface area contributed by atoms with Gasteiger partial charge in [0.2, 0.25) is 0 Å². The van der Waals surface area contributed by atoms with Crippen LogP contribution >= 0.6 is 0 Å². The van der Waals surface area contributed by atoms with Crippen LogP contribution < -0.4 is 10.5 Å². The number of fused-ring (bicyclic) bond motifs is 1. The first-order chi connectivity index (χ1) is 9.78. The first-order valence-corrected chi connectivity index (χ1v) is 6.87. The summed E-state index contributed by atoms with van der Waals surface area (Å²) in [5, 5.41) is 0. The average Bonchev–Trinajstić information content (AvgIpc) is 2.95. The maximum Gasteiger partial charge on any atom is 0.193 e. The molecule has 1 aliphatic rings. The van der Waals surface area contributed by atoms with Crippen LogP contribution in [0.5, 0.6) is 5.75 Å². The summed E-state index contributed by atoms with van der Waals surface area (Å²) in [4.78, 5) is 12.4. The van der Waals surface area contributed by atoms with Crippen LogP contribution in [0.25, 0.3) is 0 Å². The predicted octanol–water partition coefficient (Wildman–Crippen LogP) is 2.35. The monoisotopic (exact) mass is 267 g/mol. The number of ketones is 1. The van der Waals surface area contributed by atoms with Gasteiger partial charge in [0.1, 0.15) is 5.75 Å². The third kappa shape index (κ3) is 2.45. The molecule has 3 rings (SSSR count). The Morgan fingerprint density at radius 1 is 1.10 bits per heavy atom. The van der Waals surface area contributed by atoms with Gasteiger partial charge in [-0.25, -0.2) is 0 Å². The van der Waals surface area contributed by atoms with E-state index >= 15 is 0 Å². The summed E-state index contributed by atoms with van der Waals surface area (Å²) in [5.41, 5.74) is 9.24. The van der Waals surface area contributed by atoms with Crippen LogP contribution in [0.2, 0.25) is 0 Å². The van der Waals surface area contributed by atoms with Gasteiger partial charge in [0.25, 0.3) is 0 Å². The lowest BCUT2D eigenvalue weighted by Gasteiger charge is -2.05. The lowest BCUT2D eigenvalue weighted by atomic mass is 9.99. The summed E-state index contributed by atoms with van der Waals surface area (Å²) in [6, 6.07) is 13.3. The average molecular weight is 267 g/mol. The van der Waals surface area contributed by atoms with Gasteiger partial charge in [0, 0.05) is 17.5 Å². The van der Waals surface area contributed by atoms with Crippen molar-refractivity contribution in [3.8, 4) is 5.75 Å². The number of hydrogen-bond acceptors (Lipinski definition) is 3. The molecule has 0 amide bonds. The van der Waals surface area contributed by atoms with E-state index in [9.17, 15) is 4.79 Å². The molecule has 102 valence electrons. The van der Waals surface area contributed by atoms with Crippen molar-refractivity contribution < 1.29 is 9.53 Å². The Morgan fingerprint density at radius 3 is 2.60 bits per heavy atom. The Kier molecular flexibility index (Phi) is 3.52. The number of rotatable bonds is 4. The van der Waals surface area contributed by atoms with E-state index < -0.39 is 0 Å². The zero-order valence-corrected chi connectivity index (χ0v) is 11.3. The molecule has 2 N–H and O–H groups in total. The van der Waals surface area contributed by atoms with Gasteiger partial charge in [-0.2, -0.15) is 0 Å². The van der Waals surface area contributed by atoms with Crippen molar-refractivity contribution in [3.05, 3.63) is 64.7 Å². The number of carbonyl (C=O) groups is 1. The van der Waals surface area contributed by atoms with Gasteiger partial charge in [0.15, 0.2) is 5.78 Å². The predicted molar refractivity (Wildman–Crippen MR) is 78.3 cm³/mol. The van der Waals surface area contributed by atoms with E-state index in [2.05, 4.69) is 0 Å². The summed E-state index contributed by atoms with van der Waals surface area (Å²) in [7, 11) is 0. The molecular formula is C17H17NO2. The van der Waals surface area contributed by atoms with Crippen molar-refractivity contribution in [1.82, 2.24) is 0 Å². The molecule has 0 radical (unpaired) electrons. The Morgan fingerprint density at radius 2 is 1.85 bits per heavy atom. The van der Waals surface area contributed by atoms with Gasteiger partial charge < -0.3 is 10.5 Å². The second-order valence-corrected chi connectivity index (χ2v) is 4.99. The van der Waals surface area contributed by atoms with Gasteiger partial charge >= 0.3 is 0 Å². The van der Waals surface area contributed by atoms with Crippen LogP contribution in [0.4, 0.5) is 0 Å².